The molecule has 1 heterocycles. The van der Waals surface area contributed by atoms with Gasteiger partial charge in [-0.2, -0.15) is 0 Å². The van der Waals surface area contributed by atoms with Crippen molar-refractivity contribution < 1.29 is 9.53 Å². The van der Waals surface area contributed by atoms with E-state index in [2.05, 4.69) is 6.58 Å². The summed E-state index contributed by atoms with van der Waals surface area (Å²) in [4.78, 5) is 24.0. The molecule has 0 aliphatic rings. The molecule has 0 atom stereocenters. The highest BCUT2D eigenvalue weighted by atomic mass is 16.5. The summed E-state index contributed by atoms with van der Waals surface area (Å²) < 4.78 is 6.64. The van der Waals surface area contributed by atoms with Gasteiger partial charge in [0.15, 0.2) is 0 Å². The molecule has 1 aromatic carbocycles. The van der Waals surface area contributed by atoms with Crippen LogP contribution in [0.25, 0.3) is 17.0 Å². The summed E-state index contributed by atoms with van der Waals surface area (Å²) in [6.07, 6.45) is 3.22. The lowest BCUT2D eigenvalue weighted by Gasteiger charge is -2.09. The molecule has 0 fully saturated rings. The highest BCUT2D eigenvalue weighted by Crippen LogP contribution is 2.14. The fraction of sp³-hybridized carbons (Fsp3) is 0.200. The minimum atomic E-state index is -0.585. The third kappa shape index (κ3) is 2.29. The lowest BCUT2D eigenvalue weighted by molar-refractivity contribution is 0.0524. The zero-order chi connectivity index (χ0) is 14.0. The van der Waals surface area contributed by atoms with E-state index in [0.717, 1.165) is 11.1 Å². The molecule has 1 aromatic heterocycles. The standard InChI is InChI=1S/C15H15NO3/c1-4-10-6-7-11-13(8-10)16(3)9-12(14(11)17)15(18)19-5-2/h4,6-9H,1,5H2,2-3H3. The predicted molar refractivity (Wildman–Crippen MR) is 75.2 cm³/mol. The Bertz CT molecular complexity index is 713. The van der Waals surface area contributed by atoms with Crippen molar-refractivity contribution in [3.63, 3.8) is 0 Å². The molecule has 0 aliphatic heterocycles. The molecule has 0 unspecified atom stereocenters. The van der Waals surface area contributed by atoms with Crippen LogP contribution in [0, 0.1) is 0 Å². The molecule has 2 aromatic rings. The summed E-state index contributed by atoms with van der Waals surface area (Å²) >= 11 is 0. The summed E-state index contributed by atoms with van der Waals surface area (Å²) in [5, 5.41) is 0.499. The highest BCUT2D eigenvalue weighted by Gasteiger charge is 2.15. The van der Waals surface area contributed by atoms with Crippen LogP contribution >= 0.6 is 0 Å². The number of ether oxygens (including phenoxy) is 1. The Balaban J connectivity index is 2.73. The van der Waals surface area contributed by atoms with Crippen molar-refractivity contribution in [2.45, 2.75) is 6.92 Å². The fourth-order valence-electron chi connectivity index (χ4n) is 1.98. The van der Waals surface area contributed by atoms with Gasteiger partial charge >= 0.3 is 5.97 Å². The molecule has 0 amide bonds. The molecule has 0 saturated heterocycles. The smallest absolute Gasteiger partial charge is 0.343 e. The first-order chi connectivity index (χ1) is 9.08. The van der Waals surface area contributed by atoms with Crippen LogP contribution in [0.4, 0.5) is 0 Å². The number of aryl methyl sites for hydroxylation is 1. The van der Waals surface area contributed by atoms with Crippen LogP contribution in [0.5, 0.6) is 0 Å². The van der Waals surface area contributed by atoms with Crippen molar-refractivity contribution in [2.24, 2.45) is 7.05 Å². The maximum Gasteiger partial charge on any atom is 0.343 e. The second kappa shape index (κ2) is 5.10. The first-order valence-electron chi connectivity index (χ1n) is 6.01. The van der Waals surface area contributed by atoms with Gasteiger partial charge in [-0.3, -0.25) is 4.79 Å². The van der Waals surface area contributed by atoms with Crippen molar-refractivity contribution in [3.8, 4) is 0 Å². The third-order valence-corrected chi connectivity index (χ3v) is 2.94. The van der Waals surface area contributed by atoms with E-state index in [1.165, 1.54) is 6.20 Å². The number of carbonyl (C=O) groups excluding carboxylic acids is 1. The third-order valence-electron chi connectivity index (χ3n) is 2.94. The largest absolute Gasteiger partial charge is 0.462 e. The minimum absolute atomic E-state index is 0.0585. The number of rotatable bonds is 3. The molecule has 19 heavy (non-hydrogen) atoms. The SMILES string of the molecule is C=Cc1ccc2c(=O)c(C(=O)OCC)cn(C)c2c1. The second-order valence-corrected chi connectivity index (χ2v) is 4.18. The molecule has 0 spiro atoms. The quantitative estimate of drug-likeness (QED) is 0.793. The fourth-order valence-corrected chi connectivity index (χ4v) is 1.98. The zero-order valence-corrected chi connectivity index (χ0v) is 11.0. The average molecular weight is 257 g/mol. The number of fused-ring (bicyclic) bond motifs is 1. The number of pyridine rings is 1. The number of benzene rings is 1. The van der Waals surface area contributed by atoms with Crippen LogP contribution < -0.4 is 5.43 Å². The Kier molecular flexibility index (Phi) is 3.51. The van der Waals surface area contributed by atoms with E-state index in [4.69, 9.17) is 4.74 Å². The van der Waals surface area contributed by atoms with Gasteiger partial charge in [-0.15, -0.1) is 0 Å². The lowest BCUT2D eigenvalue weighted by atomic mass is 10.1. The highest BCUT2D eigenvalue weighted by molar-refractivity contribution is 5.94. The molecular weight excluding hydrogens is 242 g/mol. The normalized spacial score (nSPS) is 10.4. The van der Waals surface area contributed by atoms with Crippen LogP contribution in [-0.4, -0.2) is 17.1 Å². The summed E-state index contributed by atoms with van der Waals surface area (Å²) in [7, 11) is 1.79. The van der Waals surface area contributed by atoms with Gasteiger partial charge in [0.05, 0.1) is 12.1 Å². The Hall–Kier alpha value is -2.36. The molecular formula is C15H15NO3. The Morgan fingerprint density at radius 1 is 1.47 bits per heavy atom. The second-order valence-electron chi connectivity index (χ2n) is 4.18. The van der Waals surface area contributed by atoms with Gasteiger partial charge in [0.1, 0.15) is 5.56 Å². The van der Waals surface area contributed by atoms with Crippen LogP contribution in [0.3, 0.4) is 0 Å². The first-order valence-corrected chi connectivity index (χ1v) is 6.01. The molecule has 0 N–H and O–H groups in total. The number of aromatic nitrogens is 1. The van der Waals surface area contributed by atoms with Gasteiger partial charge < -0.3 is 9.30 Å². The summed E-state index contributed by atoms with van der Waals surface area (Å²) in [6.45, 7) is 5.65. The molecule has 98 valence electrons. The molecule has 0 saturated carbocycles. The molecule has 4 heteroatoms. The maximum atomic E-state index is 12.3. The Labute approximate surface area is 110 Å². The number of carbonyl (C=O) groups is 1. The van der Waals surface area contributed by atoms with Gasteiger partial charge in [0.2, 0.25) is 5.43 Å². The molecule has 2 rings (SSSR count). The summed E-state index contributed by atoms with van der Waals surface area (Å²) in [5.41, 5.74) is 1.44. The van der Waals surface area contributed by atoms with E-state index in [-0.39, 0.29) is 17.6 Å². The van der Waals surface area contributed by atoms with Crippen molar-refractivity contribution in [1.29, 1.82) is 0 Å². The predicted octanol–water partition coefficient (Wildman–Crippen LogP) is 2.36. The average Bonchev–Trinajstić information content (AvgIpc) is 2.42. The summed E-state index contributed by atoms with van der Waals surface area (Å²) in [6, 6.07) is 5.36. The van der Waals surface area contributed by atoms with E-state index in [1.54, 1.807) is 36.7 Å². The maximum absolute atomic E-state index is 12.3. The van der Waals surface area contributed by atoms with Crippen molar-refractivity contribution >= 4 is 22.9 Å². The topological polar surface area (TPSA) is 48.3 Å². The first kappa shape index (κ1) is 13.1. The molecule has 4 nitrogen and oxygen atoms in total. The van der Waals surface area contributed by atoms with Crippen LogP contribution in [0.15, 0.2) is 35.8 Å². The van der Waals surface area contributed by atoms with E-state index < -0.39 is 5.97 Å². The van der Waals surface area contributed by atoms with E-state index in [0.29, 0.717) is 5.39 Å². The molecule has 0 radical (unpaired) electrons. The monoisotopic (exact) mass is 257 g/mol. The number of esters is 1. The van der Waals surface area contributed by atoms with Crippen molar-refractivity contribution in [3.05, 3.63) is 52.3 Å². The number of hydrogen-bond acceptors (Lipinski definition) is 3. The zero-order valence-electron chi connectivity index (χ0n) is 11.0. The Morgan fingerprint density at radius 2 is 2.21 bits per heavy atom. The summed E-state index contributed by atoms with van der Waals surface area (Å²) in [5.74, 6) is -0.585. The number of hydrogen-bond donors (Lipinski definition) is 0. The van der Waals surface area contributed by atoms with Gasteiger partial charge in [-0.1, -0.05) is 18.7 Å². The van der Waals surface area contributed by atoms with Gasteiger partial charge in [-0.05, 0) is 24.6 Å². The van der Waals surface area contributed by atoms with Crippen LogP contribution in [-0.2, 0) is 11.8 Å². The number of nitrogens with zero attached hydrogens (tertiary/aromatic N) is 1. The molecule has 0 bridgehead atoms. The van der Waals surface area contributed by atoms with E-state index >= 15 is 0 Å². The Morgan fingerprint density at radius 3 is 2.84 bits per heavy atom. The van der Waals surface area contributed by atoms with E-state index in [1.807, 2.05) is 6.07 Å². The van der Waals surface area contributed by atoms with Crippen LogP contribution in [0.2, 0.25) is 0 Å². The molecule has 0 aliphatic carbocycles. The van der Waals surface area contributed by atoms with E-state index in [9.17, 15) is 9.59 Å². The lowest BCUT2D eigenvalue weighted by Crippen LogP contribution is -2.20. The van der Waals surface area contributed by atoms with Crippen molar-refractivity contribution in [2.75, 3.05) is 6.61 Å². The van der Waals surface area contributed by atoms with Crippen molar-refractivity contribution in [1.82, 2.24) is 4.57 Å². The van der Waals surface area contributed by atoms with Gasteiger partial charge in [-0.25, -0.2) is 4.79 Å². The van der Waals surface area contributed by atoms with Gasteiger partial charge in [0, 0.05) is 18.6 Å². The minimum Gasteiger partial charge on any atom is -0.462 e. The van der Waals surface area contributed by atoms with Crippen LogP contribution in [0.1, 0.15) is 22.8 Å². The van der Waals surface area contributed by atoms with Gasteiger partial charge in [0.25, 0.3) is 0 Å².